The van der Waals surface area contributed by atoms with E-state index in [-0.39, 0.29) is 6.04 Å². The third-order valence-corrected chi connectivity index (χ3v) is 5.03. The molecular weight excluding hydrogens is 306 g/mol. The van der Waals surface area contributed by atoms with E-state index < -0.39 is 0 Å². The molecule has 0 aromatic carbocycles. The number of anilines is 2. The van der Waals surface area contributed by atoms with Gasteiger partial charge in [-0.2, -0.15) is 0 Å². The van der Waals surface area contributed by atoms with E-state index in [4.69, 9.17) is 17.4 Å². The Balaban J connectivity index is 1.88. The fourth-order valence-electron chi connectivity index (χ4n) is 2.18. The Bertz CT molecular complexity index is 653. The summed E-state index contributed by atoms with van der Waals surface area (Å²) >= 11 is 7.57. The Morgan fingerprint density at radius 1 is 1.33 bits per heavy atom. The number of hydrogen-bond acceptors (Lipinski definition) is 6. The van der Waals surface area contributed by atoms with Crippen molar-refractivity contribution in [2.45, 2.75) is 38.6 Å². The molecule has 2 aromatic rings. The highest BCUT2D eigenvalue weighted by molar-refractivity contribution is 7.16. The molecule has 112 valence electrons. The summed E-state index contributed by atoms with van der Waals surface area (Å²) in [6, 6.07) is 4.08. The molecule has 0 spiro atoms. The lowest BCUT2D eigenvalue weighted by Crippen LogP contribution is -2.16. The Morgan fingerprint density at radius 2 is 2.05 bits per heavy atom. The largest absolute Gasteiger partial charge is 0.362 e. The quantitative estimate of drug-likeness (QED) is 0.576. The molecule has 1 unspecified atom stereocenters. The van der Waals surface area contributed by atoms with Crippen molar-refractivity contribution in [1.29, 1.82) is 0 Å². The molecule has 0 radical (unpaired) electrons. The van der Waals surface area contributed by atoms with Crippen LogP contribution in [0, 0.1) is 6.92 Å². The van der Waals surface area contributed by atoms with Crippen LogP contribution in [0.15, 0.2) is 12.1 Å². The minimum absolute atomic E-state index is 0.133. The van der Waals surface area contributed by atoms with Crippen LogP contribution in [0.2, 0.25) is 4.34 Å². The van der Waals surface area contributed by atoms with Gasteiger partial charge in [0.05, 0.1) is 10.4 Å². The Morgan fingerprint density at radius 3 is 2.62 bits per heavy atom. The van der Waals surface area contributed by atoms with Gasteiger partial charge in [0, 0.05) is 16.4 Å². The summed E-state index contributed by atoms with van der Waals surface area (Å²) in [5.41, 5.74) is 3.59. The van der Waals surface area contributed by atoms with Crippen molar-refractivity contribution in [3.8, 4) is 0 Å². The number of nitrogens with one attached hydrogen (secondary N) is 2. The molecule has 2 aromatic heterocycles. The van der Waals surface area contributed by atoms with Gasteiger partial charge in [-0.05, 0) is 38.8 Å². The van der Waals surface area contributed by atoms with E-state index in [1.165, 1.54) is 4.88 Å². The molecule has 1 saturated carbocycles. The van der Waals surface area contributed by atoms with Gasteiger partial charge in [0.25, 0.3) is 0 Å². The first-order valence-corrected chi connectivity index (χ1v) is 8.15. The zero-order valence-corrected chi connectivity index (χ0v) is 13.6. The number of rotatable bonds is 5. The SMILES string of the molecule is Cc1c(NN)nc(C2CC2)nc1NC(C)c1ccc(Cl)s1. The second kappa shape index (κ2) is 5.79. The lowest BCUT2D eigenvalue weighted by atomic mass is 10.2. The molecule has 0 aliphatic heterocycles. The van der Waals surface area contributed by atoms with E-state index in [2.05, 4.69) is 27.6 Å². The van der Waals surface area contributed by atoms with Gasteiger partial charge in [-0.25, -0.2) is 15.8 Å². The normalized spacial score (nSPS) is 15.8. The third kappa shape index (κ3) is 3.12. The van der Waals surface area contributed by atoms with Gasteiger partial charge in [-0.3, -0.25) is 0 Å². The van der Waals surface area contributed by atoms with Crippen molar-refractivity contribution in [2.24, 2.45) is 5.84 Å². The number of aromatic nitrogens is 2. The van der Waals surface area contributed by atoms with Crippen LogP contribution in [0.1, 0.15) is 48.0 Å². The topological polar surface area (TPSA) is 75.9 Å². The van der Waals surface area contributed by atoms with Crippen molar-refractivity contribution < 1.29 is 0 Å². The molecule has 4 N–H and O–H groups in total. The van der Waals surface area contributed by atoms with E-state index in [1.807, 2.05) is 19.1 Å². The Hall–Kier alpha value is -1.37. The first kappa shape index (κ1) is 14.6. The first-order valence-electron chi connectivity index (χ1n) is 6.95. The predicted molar refractivity (Wildman–Crippen MR) is 87.9 cm³/mol. The first-order chi connectivity index (χ1) is 10.1. The molecule has 0 saturated heterocycles. The lowest BCUT2D eigenvalue weighted by molar-refractivity contribution is 0.861. The number of hydrogen-bond donors (Lipinski definition) is 3. The molecular formula is C14H18ClN5S. The summed E-state index contributed by atoms with van der Waals surface area (Å²) in [6.07, 6.45) is 2.31. The maximum Gasteiger partial charge on any atom is 0.148 e. The number of halogens is 1. The molecule has 7 heteroatoms. The fraction of sp³-hybridized carbons (Fsp3) is 0.429. The van der Waals surface area contributed by atoms with E-state index in [1.54, 1.807) is 11.3 Å². The van der Waals surface area contributed by atoms with Crippen LogP contribution in [-0.4, -0.2) is 9.97 Å². The Labute approximate surface area is 132 Å². The van der Waals surface area contributed by atoms with Gasteiger partial charge in [-0.15, -0.1) is 11.3 Å². The standard InChI is InChI=1S/C14H18ClN5S/c1-7-12(17-8(2)10-5-6-11(15)21-10)18-14(9-3-4-9)19-13(7)20-16/h5-6,8-9H,3-4,16H2,1-2H3,(H2,17,18,19,20). The van der Waals surface area contributed by atoms with E-state index >= 15 is 0 Å². The zero-order chi connectivity index (χ0) is 15.0. The average Bonchev–Trinajstić information content (AvgIpc) is 3.22. The second-order valence-corrected chi connectivity index (χ2v) is 7.08. The number of nitrogens with zero attached hydrogens (tertiary/aromatic N) is 2. The maximum atomic E-state index is 6.00. The van der Waals surface area contributed by atoms with Gasteiger partial charge in [-0.1, -0.05) is 11.6 Å². The van der Waals surface area contributed by atoms with Crippen LogP contribution in [0.3, 0.4) is 0 Å². The molecule has 21 heavy (non-hydrogen) atoms. The van der Waals surface area contributed by atoms with Crippen molar-refractivity contribution in [3.63, 3.8) is 0 Å². The van der Waals surface area contributed by atoms with Crippen molar-refractivity contribution in [2.75, 3.05) is 10.7 Å². The second-order valence-electron chi connectivity index (χ2n) is 5.33. The summed E-state index contributed by atoms with van der Waals surface area (Å²) in [5, 5.41) is 3.44. The van der Waals surface area contributed by atoms with Crippen molar-refractivity contribution in [3.05, 3.63) is 32.7 Å². The fourth-order valence-corrected chi connectivity index (χ4v) is 3.24. The summed E-state index contributed by atoms with van der Waals surface area (Å²) in [5.74, 6) is 8.43. The van der Waals surface area contributed by atoms with Crippen LogP contribution in [0.25, 0.3) is 0 Å². The smallest absolute Gasteiger partial charge is 0.148 e. The van der Waals surface area contributed by atoms with E-state index in [9.17, 15) is 0 Å². The van der Waals surface area contributed by atoms with Crippen LogP contribution < -0.4 is 16.6 Å². The highest BCUT2D eigenvalue weighted by atomic mass is 35.5. The maximum absolute atomic E-state index is 6.00. The van der Waals surface area contributed by atoms with Gasteiger partial charge in [0.15, 0.2) is 0 Å². The molecule has 1 aliphatic carbocycles. The lowest BCUT2D eigenvalue weighted by Gasteiger charge is -2.17. The average molecular weight is 324 g/mol. The monoisotopic (exact) mass is 323 g/mol. The zero-order valence-electron chi connectivity index (χ0n) is 12.0. The highest BCUT2D eigenvalue weighted by Crippen LogP contribution is 2.40. The number of nitrogens with two attached hydrogens (primary N) is 1. The molecule has 1 aliphatic rings. The summed E-state index contributed by atoms with van der Waals surface area (Å²) in [6.45, 7) is 4.05. The Kier molecular flexibility index (Phi) is 4.01. The molecule has 1 fully saturated rings. The van der Waals surface area contributed by atoms with E-state index in [0.717, 1.165) is 34.4 Å². The summed E-state index contributed by atoms with van der Waals surface area (Å²) in [7, 11) is 0. The minimum Gasteiger partial charge on any atom is -0.362 e. The van der Waals surface area contributed by atoms with E-state index in [0.29, 0.717) is 11.7 Å². The van der Waals surface area contributed by atoms with Gasteiger partial charge in [0.1, 0.15) is 17.5 Å². The number of thiophene rings is 1. The van der Waals surface area contributed by atoms with Gasteiger partial charge in [0.2, 0.25) is 0 Å². The van der Waals surface area contributed by atoms with Crippen molar-refractivity contribution >= 4 is 34.6 Å². The molecule has 2 heterocycles. The van der Waals surface area contributed by atoms with Gasteiger partial charge < -0.3 is 10.7 Å². The molecule has 1 atom stereocenters. The van der Waals surface area contributed by atoms with Crippen LogP contribution >= 0.6 is 22.9 Å². The summed E-state index contributed by atoms with van der Waals surface area (Å²) in [4.78, 5) is 10.3. The summed E-state index contributed by atoms with van der Waals surface area (Å²) < 4.78 is 0.793. The molecule has 3 rings (SSSR count). The highest BCUT2D eigenvalue weighted by Gasteiger charge is 2.28. The number of hydrazine groups is 1. The predicted octanol–water partition coefficient (Wildman–Crippen LogP) is 3.84. The molecule has 5 nitrogen and oxygen atoms in total. The number of nitrogen functional groups attached to an aromatic ring is 1. The molecule has 0 bridgehead atoms. The van der Waals surface area contributed by atoms with Crippen molar-refractivity contribution in [1.82, 2.24) is 9.97 Å². The van der Waals surface area contributed by atoms with Gasteiger partial charge >= 0.3 is 0 Å². The third-order valence-electron chi connectivity index (χ3n) is 3.62. The van der Waals surface area contributed by atoms with Crippen LogP contribution in [0.5, 0.6) is 0 Å². The molecule has 0 amide bonds. The van der Waals surface area contributed by atoms with Crippen LogP contribution in [-0.2, 0) is 0 Å². The van der Waals surface area contributed by atoms with Crippen LogP contribution in [0.4, 0.5) is 11.6 Å². The minimum atomic E-state index is 0.133.